The van der Waals surface area contributed by atoms with Crippen LogP contribution in [0.4, 0.5) is 18.9 Å². The Bertz CT molecular complexity index is 1540. The molecule has 0 aliphatic carbocycles. The number of benzene rings is 2. The van der Waals surface area contributed by atoms with Crippen LogP contribution in [0.1, 0.15) is 28.9 Å². The summed E-state index contributed by atoms with van der Waals surface area (Å²) in [5.74, 6) is -2.51. The third-order valence-electron chi connectivity index (χ3n) is 6.52. The SMILES string of the molecule is CCOC(=O)c1cn(CCF)c2nc3c(F)c(N4CCNC(c5ccccc5)C4)c(F)cc3cc2c1=O. The van der Waals surface area contributed by atoms with Crippen molar-refractivity contribution < 1.29 is 22.7 Å². The van der Waals surface area contributed by atoms with E-state index in [9.17, 15) is 14.0 Å². The summed E-state index contributed by atoms with van der Waals surface area (Å²) in [5.41, 5.74) is -0.337. The van der Waals surface area contributed by atoms with E-state index < -0.39 is 29.7 Å². The standard InChI is InChI=1S/C27H25F3N4O3/c1-2-37-27(36)19-14-34(10-8-28)26-18(25(19)35)12-17-13-20(29)24(22(30)23(17)32-26)33-11-9-31-21(15-33)16-6-4-3-5-7-16/h3-7,12-14,21,31H,2,8-11,15H2,1H3. The lowest BCUT2D eigenvalue weighted by atomic mass is 10.0. The zero-order valence-corrected chi connectivity index (χ0v) is 20.1. The Balaban J connectivity index is 1.64. The first-order valence-corrected chi connectivity index (χ1v) is 12.0. The molecule has 0 spiro atoms. The lowest BCUT2D eigenvalue weighted by Crippen LogP contribution is -2.46. The predicted octanol–water partition coefficient (Wildman–Crippen LogP) is 4.13. The smallest absolute Gasteiger partial charge is 0.343 e. The van der Waals surface area contributed by atoms with Crippen LogP contribution in [0.25, 0.3) is 21.9 Å². The summed E-state index contributed by atoms with van der Waals surface area (Å²) in [4.78, 5) is 31.3. The second-order valence-electron chi connectivity index (χ2n) is 8.79. The minimum atomic E-state index is -0.862. The molecular weight excluding hydrogens is 485 g/mol. The van der Waals surface area contributed by atoms with Crippen molar-refractivity contribution in [2.75, 3.05) is 37.8 Å². The van der Waals surface area contributed by atoms with Crippen molar-refractivity contribution in [3.05, 3.63) is 81.6 Å². The molecule has 5 rings (SSSR count). The molecule has 37 heavy (non-hydrogen) atoms. The summed E-state index contributed by atoms with van der Waals surface area (Å²) >= 11 is 0. The Morgan fingerprint density at radius 1 is 1.22 bits per heavy atom. The van der Waals surface area contributed by atoms with Gasteiger partial charge in [-0.15, -0.1) is 0 Å². The first-order chi connectivity index (χ1) is 17.9. The van der Waals surface area contributed by atoms with Crippen LogP contribution in [-0.4, -0.2) is 48.4 Å². The highest BCUT2D eigenvalue weighted by molar-refractivity contribution is 5.97. The molecule has 192 valence electrons. The second kappa shape index (κ2) is 10.2. The Labute approximate surface area is 210 Å². The maximum absolute atomic E-state index is 15.9. The van der Waals surface area contributed by atoms with Gasteiger partial charge in [0.2, 0.25) is 5.43 Å². The molecule has 0 saturated carbocycles. The summed E-state index contributed by atoms with van der Waals surface area (Å²) in [6.45, 7) is 1.86. The van der Waals surface area contributed by atoms with E-state index in [1.54, 1.807) is 11.8 Å². The van der Waals surface area contributed by atoms with Gasteiger partial charge in [0.1, 0.15) is 34.9 Å². The van der Waals surface area contributed by atoms with Gasteiger partial charge in [0.25, 0.3) is 0 Å². The Kier molecular flexibility index (Phi) is 6.84. The molecule has 1 atom stereocenters. The summed E-state index contributed by atoms with van der Waals surface area (Å²) in [6, 6.07) is 11.9. The number of rotatable bonds is 6. The molecule has 0 radical (unpaired) electrons. The number of carbonyl (C=O) groups is 1. The van der Waals surface area contributed by atoms with E-state index in [1.165, 1.54) is 16.8 Å². The fourth-order valence-corrected chi connectivity index (χ4v) is 4.80. The van der Waals surface area contributed by atoms with Crippen molar-refractivity contribution in [1.82, 2.24) is 14.9 Å². The van der Waals surface area contributed by atoms with E-state index >= 15 is 8.78 Å². The normalized spacial score (nSPS) is 15.9. The van der Waals surface area contributed by atoms with Gasteiger partial charge in [-0.25, -0.2) is 22.9 Å². The van der Waals surface area contributed by atoms with Crippen LogP contribution >= 0.6 is 0 Å². The van der Waals surface area contributed by atoms with Crippen LogP contribution in [-0.2, 0) is 11.3 Å². The van der Waals surface area contributed by atoms with E-state index in [0.29, 0.717) is 19.6 Å². The zero-order chi connectivity index (χ0) is 26.1. The summed E-state index contributed by atoms with van der Waals surface area (Å²) in [5, 5.41) is 3.38. The van der Waals surface area contributed by atoms with Gasteiger partial charge in [0, 0.05) is 37.3 Å². The van der Waals surface area contributed by atoms with Crippen molar-refractivity contribution in [3.8, 4) is 0 Å². The van der Waals surface area contributed by atoms with Crippen LogP contribution in [0.15, 0.2) is 53.5 Å². The number of fused-ring (bicyclic) bond motifs is 2. The van der Waals surface area contributed by atoms with E-state index in [2.05, 4.69) is 10.3 Å². The number of hydrogen-bond acceptors (Lipinski definition) is 6. The molecule has 3 heterocycles. The number of carbonyl (C=O) groups excluding carboxylic acids is 1. The van der Waals surface area contributed by atoms with Gasteiger partial charge in [-0.05, 0) is 24.6 Å². The zero-order valence-electron chi connectivity index (χ0n) is 20.1. The van der Waals surface area contributed by atoms with E-state index in [1.807, 2.05) is 30.3 Å². The van der Waals surface area contributed by atoms with Crippen LogP contribution < -0.4 is 15.6 Å². The number of anilines is 1. The van der Waals surface area contributed by atoms with Gasteiger partial charge >= 0.3 is 5.97 Å². The molecule has 1 saturated heterocycles. The number of pyridine rings is 2. The first-order valence-electron chi connectivity index (χ1n) is 12.0. The Morgan fingerprint density at radius 2 is 2.00 bits per heavy atom. The quantitative estimate of drug-likeness (QED) is 0.311. The predicted molar refractivity (Wildman–Crippen MR) is 135 cm³/mol. The number of piperazine rings is 1. The molecule has 10 heteroatoms. The highest BCUT2D eigenvalue weighted by Crippen LogP contribution is 2.33. The number of esters is 1. The summed E-state index contributed by atoms with van der Waals surface area (Å²) < 4.78 is 50.8. The third kappa shape index (κ3) is 4.53. The number of hydrogen-bond donors (Lipinski definition) is 1. The summed E-state index contributed by atoms with van der Waals surface area (Å²) in [6.07, 6.45) is 1.17. The molecule has 1 aliphatic heterocycles. The number of aromatic nitrogens is 2. The molecule has 2 aromatic carbocycles. The van der Waals surface area contributed by atoms with Crippen molar-refractivity contribution in [1.29, 1.82) is 0 Å². The fourth-order valence-electron chi connectivity index (χ4n) is 4.80. The molecular formula is C27H25F3N4O3. The largest absolute Gasteiger partial charge is 0.462 e. The van der Waals surface area contributed by atoms with Crippen LogP contribution in [0.2, 0.25) is 0 Å². The number of halogens is 3. The Morgan fingerprint density at radius 3 is 2.73 bits per heavy atom. The van der Waals surface area contributed by atoms with Gasteiger partial charge in [0.05, 0.1) is 18.5 Å². The van der Waals surface area contributed by atoms with E-state index in [4.69, 9.17) is 4.74 Å². The third-order valence-corrected chi connectivity index (χ3v) is 6.52. The summed E-state index contributed by atoms with van der Waals surface area (Å²) in [7, 11) is 0. The topological polar surface area (TPSA) is 76.5 Å². The molecule has 0 amide bonds. The van der Waals surface area contributed by atoms with Crippen molar-refractivity contribution in [2.45, 2.75) is 19.5 Å². The number of nitrogens with zero attached hydrogens (tertiary/aromatic N) is 3. The minimum Gasteiger partial charge on any atom is -0.462 e. The van der Waals surface area contributed by atoms with E-state index in [-0.39, 0.29) is 52.4 Å². The number of nitrogens with one attached hydrogen (secondary N) is 1. The van der Waals surface area contributed by atoms with Gasteiger partial charge in [-0.1, -0.05) is 30.3 Å². The van der Waals surface area contributed by atoms with Gasteiger partial charge in [-0.3, -0.25) is 4.79 Å². The molecule has 1 fully saturated rings. The van der Waals surface area contributed by atoms with Crippen LogP contribution in [0.3, 0.4) is 0 Å². The maximum Gasteiger partial charge on any atom is 0.343 e. The highest BCUT2D eigenvalue weighted by Gasteiger charge is 2.28. The molecule has 1 N–H and O–H groups in total. The maximum atomic E-state index is 15.9. The lowest BCUT2D eigenvalue weighted by molar-refractivity contribution is 0.0524. The van der Waals surface area contributed by atoms with Crippen molar-refractivity contribution in [3.63, 3.8) is 0 Å². The second-order valence-corrected chi connectivity index (χ2v) is 8.79. The number of ether oxygens (including phenoxy) is 1. The highest BCUT2D eigenvalue weighted by atomic mass is 19.1. The average molecular weight is 511 g/mol. The van der Waals surface area contributed by atoms with Gasteiger partial charge < -0.3 is 19.5 Å². The van der Waals surface area contributed by atoms with Crippen LogP contribution in [0, 0.1) is 11.6 Å². The number of aryl methyl sites for hydroxylation is 1. The lowest BCUT2D eigenvalue weighted by Gasteiger charge is -2.36. The molecule has 7 nitrogen and oxygen atoms in total. The van der Waals surface area contributed by atoms with Gasteiger partial charge in [0.15, 0.2) is 5.82 Å². The first kappa shape index (κ1) is 24.8. The molecule has 1 aliphatic rings. The van der Waals surface area contributed by atoms with Crippen molar-refractivity contribution >= 4 is 33.6 Å². The van der Waals surface area contributed by atoms with Crippen LogP contribution in [0.5, 0.6) is 0 Å². The molecule has 0 bridgehead atoms. The Hall–Kier alpha value is -3.92. The molecule has 4 aromatic rings. The van der Waals surface area contributed by atoms with Crippen molar-refractivity contribution in [2.24, 2.45) is 0 Å². The average Bonchev–Trinajstić information content (AvgIpc) is 2.90. The fraction of sp³-hybridized carbons (Fsp3) is 0.296. The minimum absolute atomic E-state index is 0.00197. The molecule has 2 aromatic heterocycles. The monoisotopic (exact) mass is 510 g/mol. The molecule has 1 unspecified atom stereocenters. The van der Waals surface area contributed by atoms with E-state index in [0.717, 1.165) is 11.6 Å². The number of alkyl halides is 1. The van der Waals surface area contributed by atoms with Gasteiger partial charge in [-0.2, -0.15) is 0 Å².